The molecule has 0 saturated heterocycles. The molecule has 0 aliphatic heterocycles. The highest BCUT2D eigenvalue weighted by Gasteiger charge is 2.31. The fraction of sp³-hybridized carbons (Fsp3) is 0.625. The van der Waals surface area contributed by atoms with E-state index in [0.717, 1.165) is 18.4 Å². The first-order chi connectivity index (χ1) is 9.96. The number of benzene rings is 1. The van der Waals surface area contributed by atoms with Crippen molar-refractivity contribution in [1.29, 1.82) is 0 Å². The van der Waals surface area contributed by atoms with Gasteiger partial charge in [-0.2, -0.15) is 0 Å². The maximum absolute atomic E-state index is 12.1. The number of hydrogen-bond donors (Lipinski definition) is 1. The van der Waals surface area contributed by atoms with Crippen LogP contribution in [0.3, 0.4) is 0 Å². The first kappa shape index (κ1) is 17.8. The molecule has 0 aliphatic carbocycles. The third kappa shape index (κ3) is 7.37. The molecule has 120 valence electrons. The largest absolute Gasteiger partial charge is 0.573 e. The van der Waals surface area contributed by atoms with Crippen LogP contribution in [0.2, 0.25) is 0 Å². The van der Waals surface area contributed by atoms with E-state index in [2.05, 4.69) is 17.0 Å². The van der Waals surface area contributed by atoms with Gasteiger partial charge in [0.15, 0.2) is 0 Å². The van der Waals surface area contributed by atoms with Crippen LogP contribution in [0.25, 0.3) is 0 Å². The van der Waals surface area contributed by atoms with Crippen molar-refractivity contribution >= 4 is 0 Å². The highest BCUT2D eigenvalue weighted by atomic mass is 19.4. The molecule has 1 atom stereocenters. The summed E-state index contributed by atoms with van der Waals surface area (Å²) in [6.45, 7) is 2.18. The van der Waals surface area contributed by atoms with Crippen molar-refractivity contribution < 1.29 is 17.9 Å². The Labute approximate surface area is 124 Å². The van der Waals surface area contributed by atoms with E-state index in [-0.39, 0.29) is 11.8 Å². The van der Waals surface area contributed by atoms with Crippen molar-refractivity contribution in [2.24, 2.45) is 0 Å². The molecule has 0 amide bonds. The van der Waals surface area contributed by atoms with E-state index in [4.69, 9.17) is 0 Å². The molecular formula is C16H24F3NO. The first-order valence-corrected chi connectivity index (χ1v) is 7.49. The van der Waals surface area contributed by atoms with E-state index < -0.39 is 6.36 Å². The topological polar surface area (TPSA) is 21.3 Å². The summed E-state index contributed by atoms with van der Waals surface area (Å²) in [7, 11) is 1.87. The van der Waals surface area contributed by atoms with Gasteiger partial charge in [-0.3, -0.25) is 0 Å². The number of ether oxygens (including phenoxy) is 1. The van der Waals surface area contributed by atoms with Crippen LogP contribution in [-0.2, 0) is 0 Å². The Morgan fingerprint density at radius 3 is 2.19 bits per heavy atom. The SMILES string of the molecule is CCCCCCCC(NC)c1ccc(OC(F)(F)F)cc1. The van der Waals surface area contributed by atoms with Crippen LogP contribution in [0, 0.1) is 0 Å². The molecule has 0 fully saturated rings. The van der Waals surface area contributed by atoms with Crippen LogP contribution in [0.15, 0.2) is 24.3 Å². The Bertz CT molecular complexity index is 390. The van der Waals surface area contributed by atoms with Crippen LogP contribution >= 0.6 is 0 Å². The zero-order valence-electron chi connectivity index (χ0n) is 12.7. The maximum Gasteiger partial charge on any atom is 0.573 e. The van der Waals surface area contributed by atoms with Gasteiger partial charge in [-0.25, -0.2) is 0 Å². The highest BCUT2D eigenvalue weighted by Crippen LogP contribution is 2.26. The summed E-state index contributed by atoms with van der Waals surface area (Å²) in [5.74, 6) is -0.177. The second-order valence-corrected chi connectivity index (χ2v) is 5.16. The van der Waals surface area contributed by atoms with Gasteiger partial charge in [0.1, 0.15) is 5.75 Å². The minimum absolute atomic E-state index is 0.173. The van der Waals surface area contributed by atoms with Gasteiger partial charge >= 0.3 is 6.36 Å². The molecule has 0 aromatic heterocycles. The highest BCUT2D eigenvalue weighted by molar-refractivity contribution is 5.29. The molecule has 2 nitrogen and oxygen atoms in total. The molecular weight excluding hydrogens is 279 g/mol. The molecule has 1 rings (SSSR count). The van der Waals surface area contributed by atoms with E-state index in [1.165, 1.54) is 37.8 Å². The average Bonchev–Trinajstić information content (AvgIpc) is 2.42. The van der Waals surface area contributed by atoms with Crippen molar-refractivity contribution in [3.8, 4) is 5.75 Å². The molecule has 0 bridgehead atoms. The first-order valence-electron chi connectivity index (χ1n) is 7.49. The molecule has 21 heavy (non-hydrogen) atoms. The molecule has 1 unspecified atom stereocenters. The van der Waals surface area contributed by atoms with Gasteiger partial charge in [-0.05, 0) is 31.2 Å². The van der Waals surface area contributed by atoms with Gasteiger partial charge in [-0.1, -0.05) is 51.2 Å². The lowest BCUT2D eigenvalue weighted by molar-refractivity contribution is -0.274. The van der Waals surface area contributed by atoms with Crippen LogP contribution in [0.1, 0.15) is 57.1 Å². The lowest BCUT2D eigenvalue weighted by Gasteiger charge is -2.17. The second kappa shape index (κ2) is 8.93. The van der Waals surface area contributed by atoms with Crippen molar-refractivity contribution in [2.45, 2.75) is 57.9 Å². The molecule has 0 aliphatic rings. The molecule has 5 heteroatoms. The van der Waals surface area contributed by atoms with E-state index in [9.17, 15) is 13.2 Å². The van der Waals surface area contributed by atoms with Crippen molar-refractivity contribution in [3.63, 3.8) is 0 Å². The van der Waals surface area contributed by atoms with Crippen LogP contribution in [-0.4, -0.2) is 13.4 Å². The minimum atomic E-state index is -4.64. The summed E-state index contributed by atoms with van der Waals surface area (Å²) in [6, 6.07) is 6.28. The Morgan fingerprint density at radius 2 is 1.67 bits per heavy atom. The Balaban J connectivity index is 2.49. The number of halogens is 3. The van der Waals surface area contributed by atoms with E-state index in [0.29, 0.717) is 0 Å². The van der Waals surface area contributed by atoms with Crippen LogP contribution in [0.4, 0.5) is 13.2 Å². The van der Waals surface area contributed by atoms with Gasteiger partial charge < -0.3 is 10.1 Å². The lowest BCUT2D eigenvalue weighted by Crippen LogP contribution is -2.18. The average molecular weight is 303 g/mol. The second-order valence-electron chi connectivity index (χ2n) is 5.16. The van der Waals surface area contributed by atoms with Crippen molar-refractivity contribution in [2.75, 3.05) is 7.05 Å². The fourth-order valence-electron chi connectivity index (χ4n) is 2.33. The lowest BCUT2D eigenvalue weighted by atomic mass is 10.00. The monoisotopic (exact) mass is 303 g/mol. The maximum atomic E-state index is 12.1. The molecule has 0 radical (unpaired) electrons. The van der Waals surface area contributed by atoms with Gasteiger partial charge in [0, 0.05) is 6.04 Å². The van der Waals surface area contributed by atoms with Crippen molar-refractivity contribution in [1.82, 2.24) is 5.32 Å². The standard InChI is InChI=1S/C16H24F3NO/c1-3-4-5-6-7-8-15(20-2)13-9-11-14(12-10-13)21-16(17,18)19/h9-12,15,20H,3-8H2,1-2H3. The number of rotatable bonds is 9. The molecule has 0 heterocycles. The summed E-state index contributed by atoms with van der Waals surface area (Å²) >= 11 is 0. The molecule has 1 aromatic rings. The normalized spacial score (nSPS) is 13.2. The Hall–Kier alpha value is -1.23. The molecule has 1 aromatic carbocycles. The smallest absolute Gasteiger partial charge is 0.406 e. The zero-order chi connectivity index (χ0) is 15.7. The van der Waals surface area contributed by atoms with Crippen molar-refractivity contribution in [3.05, 3.63) is 29.8 Å². The summed E-state index contributed by atoms with van der Waals surface area (Å²) in [6.07, 6.45) is 2.38. The van der Waals surface area contributed by atoms with Gasteiger partial charge in [0.25, 0.3) is 0 Å². The number of unbranched alkanes of at least 4 members (excludes halogenated alkanes) is 4. The summed E-state index contributed by atoms with van der Waals surface area (Å²) in [5.41, 5.74) is 0.988. The van der Waals surface area contributed by atoms with E-state index >= 15 is 0 Å². The molecule has 0 spiro atoms. The zero-order valence-corrected chi connectivity index (χ0v) is 12.7. The quantitative estimate of drug-likeness (QED) is 0.633. The Morgan fingerprint density at radius 1 is 1.05 bits per heavy atom. The third-order valence-corrected chi connectivity index (χ3v) is 3.46. The third-order valence-electron chi connectivity index (χ3n) is 3.46. The van der Waals surface area contributed by atoms with Gasteiger partial charge in [0.2, 0.25) is 0 Å². The predicted molar refractivity (Wildman–Crippen MR) is 78.3 cm³/mol. The number of nitrogens with one attached hydrogen (secondary N) is 1. The fourth-order valence-corrected chi connectivity index (χ4v) is 2.33. The van der Waals surface area contributed by atoms with E-state index in [1.807, 2.05) is 7.05 Å². The molecule has 1 N–H and O–H groups in total. The summed E-state index contributed by atoms with van der Waals surface area (Å²) in [5, 5.41) is 3.21. The number of alkyl halides is 3. The predicted octanol–water partition coefficient (Wildman–Crippen LogP) is 5.21. The van der Waals surface area contributed by atoms with Crippen LogP contribution < -0.4 is 10.1 Å². The molecule has 0 saturated carbocycles. The van der Waals surface area contributed by atoms with Gasteiger partial charge in [-0.15, -0.1) is 13.2 Å². The Kier molecular flexibility index (Phi) is 7.57. The van der Waals surface area contributed by atoms with Crippen LogP contribution in [0.5, 0.6) is 5.75 Å². The summed E-state index contributed by atoms with van der Waals surface area (Å²) in [4.78, 5) is 0. The number of hydrogen-bond acceptors (Lipinski definition) is 2. The minimum Gasteiger partial charge on any atom is -0.406 e. The van der Waals surface area contributed by atoms with Gasteiger partial charge in [0.05, 0.1) is 0 Å². The summed E-state index contributed by atoms with van der Waals surface area (Å²) < 4.78 is 40.2. The van der Waals surface area contributed by atoms with E-state index in [1.54, 1.807) is 12.1 Å².